The first-order valence-electron chi connectivity index (χ1n) is 16.8. The molecule has 0 spiro atoms. The molecule has 4 atom stereocenters. The Morgan fingerprint density at radius 2 is 1.77 bits per heavy atom. The van der Waals surface area contributed by atoms with E-state index in [2.05, 4.69) is 63.3 Å². The van der Waals surface area contributed by atoms with Gasteiger partial charge in [-0.15, -0.1) is 0 Å². The van der Waals surface area contributed by atoms with Crippen LogP contribution >= 0.6 is 0 Å². The number of nitrogens with zero attached hydrogens (tertiary/aromatic N) is 5. The second-order valence-corrected chi connectivity index (χ2v) is 13.3. The molecule has 1 aliphatic heterocycles. The molecule has 2 aromatic heterocycles. The first-order valence-corrected chi connectivity index (χ1v) is 16.8. The summed E-state index contributed by atoms with van der Waals surface area (Å²) in [5.41, 5.74) is 11.5. The lowest BCUT2D eigenvalue weighted by atomic mass is 10.0. The molecule has 0 unspecified atom stereocenters. The van der Waals surface area contributed by atoms with E-state index in [-0.39, 0.29) is 42.9 Å². The molecule has 1 amide bonds. The highest BCUT2D eigenvalue weighted by Crippen LogP contribution is 2.28. The van der Waals surface area contributed by atoms with E-state index in [9.17, 15) is 9.90 Å². The highest BCUT2D eigenvalue weighted by atomic mass is 19.1. The predicted octanol–water partition coefficient (Wildman–Crippen LogP) is 4.63. The summed E-state index contributed by atoms with van der Waals surface area (Å²) < 4.78 is 23.2. The van der Waals surface area contributed by atoms with Crippen LogP contribution in [-0.4, -0.2) is 86.0 Å². The molecule has 48 heavy (non-hydrogen) atoms. The van der Waals surface area contributed by atoms with Gasteiger partial charge in [-0.05, 0) is 61.9 Å². The number of nitrogens with two attached hydrogens (primary N) is 1. The van der Waals surface area contributed by atoms with Gasteiger partial charge in [0.05, 0.1) is 37.1 Å². The van der Waals surface area contributed by atoms with Gasteiger partial charge in [0.15, 0.2) is 0 Å². The molecule has 2 aromatic carbocycles. The van der Waals surface area contributed by atoms with E-state index >= 15 is 4.39 Å². The molecule has 10 nitrogen and oxygen atoms in total. The number of piperazine rings is 1. The summed E-state index contributed by atoms with van der Waals surface area (Å²) in [7, 11) is 1.83. The minimum Gasteiger partial charge on any atom is -0.395 e. The van der Waals surface area contributed by atoms with Crippen molar-refractivity contribution < 1.29 is 19.0 Å². The molecule has 4 N–H and O–H groups in total. The van der Waals surface area contributed by atoms with Crippen molar-refractivity contribution in [2.45, 2.75) is 70.5 Å². The maximum atomic E-state index is 15.3. The van der Waals surface area contributed by atoms with Crippen LogP contribution in [0.1, 0.15) is 54.6 Å². The number of carbonyl (C=O) groups is 1. The normalized spacial score (nSPS) is 21.9. The van der Waals surface area contributed by atoms with E-state index in [1.807, 2.05) is 19.3 Å². The first kappa shape index (κ1) is 33.7. The number of hydrogen-bond donors (Lipinski definition) is 3. The Morgan fingerprint density at radius 1 is 1.02 bits per heavy atom. The summed E-state index contributed by atoms with van der Waals surface area (Å²) in [6.07, 6.45) is 7.39. The number of halogens is 1. The average Bonchev–Trinajstić information content (AvgIpc) is 3.71. The maximum absolute atomic E-state index is 15.3. The zero-order valence-electron chi connectivity index (χ0n) is 28.0. The smallest absolute Gasteiger partial charge is 0.255 e. The number of hydrogen-bond acceptors (Lipinski definition) is 8. The lowest BCUT2D eigenvalue weighted by Crippen LogP contribution is -2.56. The number of benzene rings is 2. The Balaban J connectivity index is 1.03. The van der Waals surface area contributed by atoms with Gasteiger partial charge in [-0.3, -0.25) is 19.3 Å². The fourth-order valence-corrected chi connectivity index (χ4v) is 7.18. The van der Waals surface area contributed by atoms with Gasteiger partial charge in [0.25, 0.3) is 5.91 Å². The lowest BCUT2D eigenvalue weighted by Gasteiger charge is -2.44. The SMILES string of the molecule is C[C@@H]1CN(Cc2ccc(-c3ccc(CO[C@H]4CCC[C@@H]4NC(=O)c4cc(-c5cnn(C)c5)cnc4N)c(F)c3)cc2)C[C@H](C)N1CCO. The Kier molecular flexibility index (Phi) is 10.5. The Hall–Kier alpha value is -4.16. The van der Waals surface area contributed by atoms with Crippen molar-refractivity contribution in [2.24, 2.45) is 7.05 Å². The van der Waals surface area contributed by atoms with E-state index < -0.39 is 0 Å². The number of aliphatic hydroxyl groups excluding tert-OH is 1. The van der Waals surface area contributed by atoms with E-state index in [4.69, 9.17) is 10.5 Å². The number of rotatable bonds is 11. The molecule has 6 rings (SSSR count). The molecule has 1 saturated carbocycles. The summed E-state index contributed by atoms with van der Waals surface area (Å²) >= 11 is 0. The molecule has 2 aliphatic rings. The number of nitrogen functional groups attached to an aromatic ring is 1. The summed E-state index contributed by atoms with van der Waals surface area (Å²) in [6.45, 7) is 8.23. The van der Waals surface area contributed by atoms with E-state index in [1.165, 1.54) is 5.56 Å². The van der Waals surface area contributed by atoms with Gasteiger partial charge in [0, 0.05) is 74.4 Å². The van der Waals surface area contributed by atoms with E-state index in [1.54, 1.807) is 35.3 Å². The highest BCUT2D eigenvalue weighted by molar-refractivity contribution is 5.99. The summed E-state index contributed by atoms with van der Waals surface area (Å²) in [5, 5.41) is 16.7. The van der Waals surface area contributed by atoms with Crippen molar-refractivity contribution in [3.8, 4) is 22.3 Å². The number of aromatic nitrogens is 3. The number of carbonyl (C=O) groups excluding carboxylic acids is 1. The largest absolute Gasteiger partial charge is 0.395 e. The van der Waals surface area contributed by atoms with Crippen LogP contribution in [0.25, 0.3) is 22.3 Å². The topological polar surface area (TPSA) is 122 Å². The molecule has 0 radical (unpaired) electrons. The van der Waals surface area contributed by atoms with Crippen LogP contribution in [-0.2, 0) is 24.9 Å². The zero-order valence-corrected chi connectivity index (χ0v) is 28.0. The number of pyridine rings is 1. The van der Waals surface area contributed by atoms with E-state index in [0.717, 1.165) is 61.2 Å². The van der Waals surface area contributed by atoms with Crippen molar-refractivity contribution in [1.29, 1.82) is 0 Å². The van der Waals surface area contributed by atoms with Crippen LogP contribution in [0.4, 0.5) is 10.2 Å². The maximum Gasteiger partial charge on any atom is 0.255 e. The molecule has 0 bridgehead atoms. The summed E-state index contributed by atoms with van der Waals surface area (Å²) in [6, 6.07) is 15.9. The molecule has 4 aromatic rings. The standard InChI is InChI=1S/C37H46FN7O3/c1-24-19-44(20-25(2)45(24)13-14-46)21-26-7-9-27(10-8-26)28-11-12-29(33(38)16-28)23-48-35-6-4-5-34(35)42-37(47)32-15-30(17-40-36(32)39)31-18-41-43(3)22-31/h7-12,15-18,22,24-25,34-35,46H,4-6,13-14,19-21,23H2,1-3H3,(H2,39,40)(H,42,47)/t24-,25+,34-,35-/m0/s1. The van der Waals surface area contributed by atoms with Crippen LogP contribution in [0.5, 0.6) is 0 Å². The Bertz CT molecular complexity index is 1700. The third-order valence-corrected chi connectivity index (χ3v) is 9.71. The van der Waals surface area contributed by atoms with Crippen molar-refractivity contribution in [2.75, 3.05) is 32.0 Å². The number of nitrogens with one attached hydrogen (secondary N) is 1. The third kappa shape index (κ3) is 7.76. The zero-order chi connectivity index (χ0) is 33.8. The van der Waals surface area contributed by atoms with Crippen molar-refractivity contribution in [1.82, 2.24) is 29.9 Å². The van der Waals surface area contributed by atoms with Crippen LogP contribution in [0, 0.1) is 5.82 Å². The lowest BCUT2D eigenvalue weighted by molar-refractivity contribution is 0.0238. The first-order chi connectivity index (χ1) is 23.2. The van der Waals surface area contributed by atoms with Gasteiger partial charge in [-0.25, -0.2) is 9.37 Å². The van der Waals surface area contributed by atoms with Crippen LogP contribution in [0.15, 0.2) is 67.1 Å². The Labute approximate surface area is 281 Å². The highest BCUT2D eigenvalue weighted by Gasteiger charge is 2.31. The van der Waals surface area contributed by atoms with Crippen molar-refractivity contribution in [3.05, 3.63) is 89.6 Å². The minimum atomic E-state index is -0.315. The fraction of sp³-hybridized carbons (Fsp3) is 0.432. The number of anilines is 1. The predicted molar refractivity (Wildman–Crippen MR) is 184 cm³/mol. The summed E-state index contributed by atoms with van der Waals surface area (Å²) in [5.74, 6) is -0.465. The van der Waals surface area contributed by atoms with Gasteiger partial charge in [0.1, 0.15) is 11.6 Å². The molecule has 254 valence electrons. The number of aryl methyl sites for hydroxylation is 1. The minimum absolute atomic E-state index is 0.116. The number of β-amino-alcohol motifs (C(OH)–C–C–N with tert-alkyl or cyclic N) is 1. The number of ether oxygens (including phenoxy) is 1. The third-order valence-electron chi connectivity index (χ3n) is 9.71. The van der Waals surface area contributed by atoms with E-state index in [0.29, 0.717) is 29.8 Å². The molecule has 1 aliphatic carbocycles. The molecular formula is C37H46FN7O3. The van der Waals surface area contributed by atoms with Crippen LogP contribution < -0.4 is 11.1 Å². The van der Waals surface area contributed by atoms with Crippen LogP contribution in [0.3, 0.4) is 0 Å². The number of aliphatic hydroxyl groups is 1. The molecule has 11 heteroatoms. The second-order valence-electron chi connectivity index (χ2n) is 13.3. The van der Waals surface area contributed by atoms with Gasteiger partial charge < -0.3 is 20.9 Å². The summed E-state index contributed by atoms with van der Waals surface area (Å²) in [4.78, 5) is 22.3. The van der Waals surface area contributed by atoms with Gasteiger partial charge >= 0.3 is 0 Å². The second kappa shape index (κ2) is 14.9. The molecule has 1 saturated heterocycles. The van der Waals surface area contributed by atoms with Crippen molar-refractivity contribution in [3.63, 3.8) is 0 Å². The van der Waals surface area contributed by atoms with Gasteiger partial charge in [-0.1, -0.05) is 36.4 Å². The van der Waals surface area contributed by atoms with Gasteiger partial charge in [-0.2, -0.15) is 5.10 Å². The fourth-order valence-electron chi connectivity index (χ4n) is 7.18. The van der Waals surface area contributed by atoms with Crippen LogP contribution in [0.2, 0.25) is 0 Å². The molecular weight excluding hydrogens is 609 g/mol. The monoisotopic (exact) mass is 655 g/mol. The van der Waals surface area contributed by atoms with Gasteiger partial charge in [0.2, 0.25) is 0 Å². The average molecular weight is 656 g/mol. The Morgan fingerprint density at radius 3 is 2.46 bits per heavy atom. The molecule has 3 heterocycles. The number of amides is 1. The quantitative estimate of drug-likeness (QED) is 0.214. The molecule has 2 fully saturated rings. The van der Waals surface area contributed by atoms with Crippen molar-refractivity contribution >= 4 is 11.7 Å².